The molecular formula is C43H52N2O8. The van der Waals surface area contributed by atoms with Gasteiger partial charge in [-0.15, -0.1) is 0 Å². The third kappa shape index (κ3) is 11.2. The van der Waals surface area contributed by atoms with Gasteiger partial charge in [-0.05, 0) is 93.9 Å². The minimum atomic E-state index is -0.841. The van der Waals surface area contributed by atoms with Crippen LogP contribution in [0.5, 0.6) is 0 Å². The summed E-state index contributed by atoms with van der Waals surface area (Å²) in [5.41, 5.74) is 2.27. The average Bonchev–Trinajstić information content (AvgIpc) is 3.56. The van der Waals surface area contributed by atoms with E-state index in [0.717, 1.165) is 42.4 Å². The Kier molecular flexibility index (Phi) is 13.4. The first-order valence-corrected chi connectivity index (χ1v) is 18.7. The van der Waals surface area contributed by atoms with E-state index in [4.69, 9.17) is 14.2 Å². The highest BCUT2D eigenvalue weighted by Crippen LogP contribution is 2.47. The van der Waals surface area contributed by atoms with Gasteiger partial charge in [0.1, 0.15) is 19.2 Å². The van der Waals surface area contributed by atoms with Crippen molar-refractivity contribution in [2.75, 3.05) is 18.2 Å². The molecule has 10 nitrogen and oxygen atoms in total. The van der Waals surface area contributed by atoms with Crippen LogP contribution in [0.3, 0.4) is 0 Å². The molecule has 0 saturated heterocycles. The summed E-state index contributed by atoms with van der Waals surface area (Å²) in [6, 6.07) is 25.9. The molecule has 282 valence electrons. The number of ether oxygens (including phenoxy) is 3. The number of esters is 3. The Morgan fingerprint density at radius 2 is 1.49 bits per heavy atom. The zero-order valence-electron chi connectivity index (χ0n) is 31.1. The Hall–Kier alpha value is -4.99. The molecule has 1 N–H and O–H groups in total. The lowest BCUT2D eigenvalue weighted by molar-refractivity contribution is -0.176. The molecule has 1 aliphatic carbocycles. The Morgan fingerprint density at radius 3 is 2.17 bits per heavy atom. The average molecular weight is 725 g/mol. The second-order valence-corrected chi connectivity index (χ2v) is 15.4. The van der Waals surface area contributed by atoms with Gasteiger partial charge in [-0.1, -0.05) is 91.7 Å². The van der Waals surface area contributed by atoms with Crippen LogP contribution in [-0.4, -0.2) is 49.1 Å². The molecule has 2 aliphatic rings. The zero-order chi connectivity index (χ0) is 37.8. The van der Waals surface area contributed by atoms with Crippen LogP contribution < -0.4 is 10.2 Å². The Bertz CT molecular complexity index is 1710. The number of para-hydroxylation sites is 1. The smallest absolute Gasteiger partial charge is 0.326 e. The fourth-order valence-corrected chi connectivity index (χ4v) is 7.38. The van der Waals surface area contributed by atoms with Gasteiger partial charge < -0.3 is 19.5 Å². The van der Waals surface area contributed by atoms with Crippen LogP contribution in [0, 0.1) is 16.7 Å². The van der Waals surface area contributed by atoms with E-state index in [1.165, 1.54) is 4.90 Å². The monoisotopic (exact) mass is 724 g/mol. The van der Waals surface area contributed by atoms with Crippen LogP contribution in [-0.2, 0) is 57.6 Å². The topological polar surface area (TPSA) is 128 Å². The maximum atomic E-state index is 14.1. The molecule has 1 saturated carbocycles. The maximum absolute atomic E-state index is 14.1. The molecule has 10 heteroatoms. The van der Waals surface area contributed by atoms with Crippen molar-refractivity contribution >= 4 is 35.4 Å². The molecule has 2 amide bonds. The van der Waals surface area contributed by atoms with Crippen molar-refractivity contribution < 1.29 is 38.2 Å². The van der Waals surface area contributed by atoms with Gasteiger partial charge in [-0.2, -0.15) is 0 Å². The molecule has 1 heterocycles. The SMILES string of the molecule is CC(C)(C)C(=O)OCOC(=O)C(CCc1ccccc1)CC1(CC(=O)NC2CCc3ccccc3N(CC(=O)OCc3ccccc3)C2=O)CCCC1. The van der Waals surface area contributed by atoms with E-state index in [2.05, 4.69) is 5.32 Å². The maximum Gasteiger partial charge on any atom is 0.326 e. The molecule has 3 aromatic carbocycles. The lowest BCUT2D eigenvalue weighted by Gasteiger charge is -2.33. The molecule has 1 aliphatic heterocycles. The summed E-state index contributed by atoms with van der Waals surface area (Å²) >= 11 is 0. The zero-order valence-corrected chi connectivity index (χ0v) is 31.1. The number of hydrogen-bond acceptors (Lipinski definition) is 8. The number of aryl methyl sites for hydroxylation is 2. The first kappa shape index (κ1) is 39.2. The normalized spacial score (nSPS) is 17.2. The van der Waals surface area contributed by atoms with Gasteiger partial charge in [0.05, 0.1) is 11.3 Å². The quantitative estimate of drug-likeness (QED) is 0.133. The highest BCUT2D eigenvalue weighted by molar-refractivity contribution is 6.03. The number of carbonyl (C=O) groups excluding carboxylic acids is 5. The van der Waals surface area contributed by atoms with Crippen molar-refractivity contribution in [3.8, 4) is 0 Å². The van der Waals surface area contributed by atoms with E-state index in [1.54, 1.807) is 20.8 Å². The van der Waals surface area contributed by atoms with Gasteiger partial charge in [0.2, 0.25) is 18.6 Å². The van der Waals surface area contributed by atoms with Crippen molar-refractivity contribution in [3.05, 3.63) is 102 Å². The highest BCUT2D eigenvalue weighted by Gasteiger charge is 2.41. The number of nitrogens with zero attached hydrogens (tertiary/aromatic N) is 1. The minimum absolute atomic E-state index is 0.0908. The third-order valence-corrected chi connectivity index (χ3v) is 10.3. The first-order valence-electron chi connectivity index (χ1n) is 18.7. The number of rotatable bonds is 15. The van der Waals surface area contributed by atoms with Crippen LogP contribution in [0.15, 0.2) is 84.9 Å². The predicted molar refractivity (Wildman–Crippen MR) is 200 cm³/mol. The summed E-state index contributed by atoms with van der Waals surface area (Å²) in [5.74, 6) is -2.63. The largest absolute Gasteiger partial charge is 0.459 e. The number of fused-ring (bicyclic) bond motifs is 1. The highest BCUT2D eigenvalue weighted by atomic mass is 16.7. The van der Waals surface area contributed by atoms with Crippen molar-refractivity contribution in [1.29, 1.82) is 0 Å². The van der Waals surface area contributed by atoms with Gasteiger partial charge >= 0.3 is 17.9 Å². The first-order chi connectivity index (χ1) is 25.4. The van der Waals surface area contributed by atoms with Crippen LogP contribution >= 0.6 is 0 Å². The van der Waals surface area contributed by atoms with Crippen LogP contribution in [0.25, 0.3) is 0 Å². The second-order valence-electron chi connectivity index (χ2n) is 15.4. The molecular weight excluding hydrogens is 672 g/mol. The van der Waals surface area contributed by atoms with Crippen molar-refractivity contribution in [3.63, 3.8) is 0 Å². The second kappa shape index (κ2) is 18.2. The molecule has 0 radical (unpaired) electrons. The molecule has 0 spiro atoms. The van der Waals surface area contributed by atoms with Gasteiger partial charge in [0.15, 0.2) is 0 Å². The third-order valence-electron chi connectivity index (χ3n) is 10.3. The fraction of sp³-hybridized carbons (Fsp3) is 0.465. The fourth-order valence-electron chi connectivity index (χ4n) is 7.38. The van der Waals surface area contributed by atoms with Crippen molar-refractivity contribution in [2.45, 2.75) is 97.6 Å². The summed E-state index contributed by atoms with van der Waals surface area (Å²) in [5, 5.41) is 3.02. The summed E-state index contributed by atoms with van der Waals surface area (Å²) in [7, 11) is 0. The number of benzene rings is 3. The molecule has 1 fully saturated rings. The summed E-state index contributed by atoms with van der Waals surface area (Å²) < 4.78 is 16.3. The Morgan fingerprint density at radius 1 is 0.849 bits per heavy atom. The number of carbonyl (C=O) groups is 5. The molecule has 3 aromatic rings. The van der Waals surface area contributed by atoms with Crippen molar-refractivity contribution in [2.24, 2.45) is 16.7 Å². The number of hydrogen-bond donors (Lipinski definition) is 1. The number of anilines is 1. The van der Waals surface area contributed by atoms with Crippen LogP contribution in [0.2, 0.25) is 0 Å². The van der Waals surface area contributed by atoms with E-state index < -0.39 is 47.5 Å². The predicted octanol–water partition coefficient (Wildman–Crippen LogP) is 6.87. The standard InChI is InChI=1S/C43H52N2O8/c1-42(2,3)41(50)53-30-52-40(49)34(21-20-31-14-6-4-7-15-31)26-43(24-12-13-25-43)27-37(46)44-35-23-22-33-18-10-11-19-36(33)45(39(35)48)28-38(47)51-29-32-16-8-5-9-17-32/h4-11,14-19,34-35H,12-13,20-30H2,1-3H3,(H,44,46). The van der Waals surface area contributed by atoms with Crippen LogP contribution in [0.1, 0.15) is 88.8 Å². The minimum Gasteiger partial charge on any atom is -0.459 e. The van der Waals surface area contributed by atoms with Gasteiger partial charge in [0, 0.05) is 12.1 Å². The molecule has 2 unspecified atom stereocenters. The van der Waals surface area contributed by atoms with E-state index in [1.807, 2.05) is 84.9 Å². The van der Waals surface area contributed by atoms with E-state index in [0.29, 0.717) is 37.8 Å². The van der Waals surface area contributed by atoms with E-state index in [9.17, 15) is 24.0 Å². The van der Waals surface area contributed by atoms with E-state index >= 15 is 0 Å². The lowest BCUT2D eigenvalue weighted by atomic mass is 9.73. The lowest BCUT2D eigenvalue weighted by Crippen LogP contribution is -2.50. The molecule has 0 aromatic heterocycles. The van der Waals surface area contributed by atoms with Crippen LogP contribution in [0.4, 0.5) is 5.69 Å². The van der Waals surface area contributed by atoms with Crippen molar-refractivity contribution in [1.82, 2.24) is 5.32 Å². The summed E-state index contributed by atoms with van der Waals surface area (Å²) in [6.45, 7) is 4.54. The molecule has 53 heavy (non-hydrogen) atoms. The Labute approximate surface area is 312 Å². The number of amides is 2. The molecule has 5 rings (SSSR count). The molecule has 2 atom stereocenters. The van der Waals surface area contributed by atoms with E-state index in [-0.39, 0.29) is 31.4 Å². The number of nitrogens with one attached hydrogen (secondary N) is 1. The molecule has 0 bridgehead atoms. The Balaban J connectivity index is 1.26. The van der Waals surface area contributed by atoms with Gasteiger partial charge in [0.25, 0.3) is 0 Å². The summed E-state index contributed by atoms with van der Waals surface area (Å²) in [6.07, 6.45) is 6.03. The summed E-state index contributed by atoms with van der Waals surface area (Å²) in [4.78, 5) is 68.3. The van der Waals surface area contributed by atoms with Gasteiger partial charge in [-0.3, -0.25) is 28.9 Å². The van der Waals surface area contributed by atoms with Gasteiger partial charge in [-0.25, -0.2) is 0 Å².